The maximum absolute atomic E-state index is 13.5. The number of halogens is 2. The average Bonchev–Trinajstić information content (AvgIpc) is 2.90. The summed E-state index contributed by atoms with van der Waals surface area (Å²) in [7, 11) is 0. The van der Waals surface area contributed by atoms with Gasteiger partial charge in [0.25, 0.3) is 0 Å². The standard InChI is InChI=1S/C14H17BrFN3/c15-13-3-4-14(16)12(9-13)10-17-5-1-2-7-19-8-6-18-11-19/h3-4,6,8-9,11,17H,1-2,5,7,10H2. The molecule has 0 fully saturated rings. The SMILES string of the molecule is Fc1ccc(Br)cc1CNCCCCn1ccnc1. The fourth-order valence-electron chi connectivity index (χ4n) is 1.87. The Kier molecular flexibility index (Phi) is 5.54. The van der Waals surface area contributed by atoms with Gasteiger partial charge in [-0.15, -0.1) is 0 Å². The molecule has 1 heterocycles. The molecule has 19 heavy (non-hydrogen) atoms. The zero-order chi connectivity index (χ0) is 13.5. The highest BCUT2D eigenvalue weighted by atomic mass is 79.9. The second kappa shape index (κ2) is 7.40. The quantitative estimate of drug-likeness (QED) is 0.791. The molecule has 2 rings (SSSR count). The van der Waals surface area contributed by atoms with E-state index in [0.29, 0.717) is 12.1 Å². The molecular formula is C14H17BrFN3. The van der Waals surface area contributed by atoms with Crippen molar-refractivity contribution in [2.24, 2.45) is 0 Å². The predicted molar refractivity (Wildman–Crippen MR) is 77.3 cm³/mol. The number of aryl methyl sites for hydroxylation is 1. The van der Waals surface area contributed by atoms with E-state index in [4.69, 9.17) is 0 Å². The predicted octanol–water partition coefficient (Wildman–Crippen LogP) is 3.35. The van der Waals surface area contributed by atoms with Gasteiger partial charge < -0.3 is 9.88 Å². The Morgan fingerprint density at radius 3 is 3.00 bits per heavy atom. The minimum Gasteiger partial charge on any atom is -0.337 e. The molecule has 1 N–H and O–H groups in total. The highest BCUT2D eigenvalue weighted by molar-refractivity contribution is 9.10. The molecule has 102 valence electrons. The monoisotopic (exact) mass is 325 g/mol. The van der Waals surface area contributed by atoms with Gasteiger partial charge in [0.05, 0.1) is 6.33 Å². The molecule has 0 saturated carbocycles. The van der Waals surface area contributed by atoms with E-state index in [1.54, 1.807) is 12.3 Å². The van der Waals surface area contributed by atoms with Crippen molar-refractivity contribution in [2.45, 2.75) is 25.9 Å². The van der Waals surface area contributed by atoms with E-state index < -0.39 is 0 Å². The molecule has 0 atom stereocenters. The Hall–Kier alpha value is -1.20. The second-order valence-corrected chi connectivity index (χ2v) is 5.34. The fourth-order valence-corrected chi connectivity index (χ4v) is 2.27. The van der Waals surface area contributed by atoms with Gasteiger partial charge in [-0.25, -0.2) is 9.37 Å². The summed E-state index contributed by atoms with van der Waals surface area (Å²) in [6.07, 6.45) is 7.72. The van der Waals surface area contributed by atoms with Gasteiger partial charge in [0.2, 0.25) is 0 Å². The maximum atomic E-state index is 13.5. The van der Waals surface area contributed by atoms with Crippen LogP contribution in [-0.4, -0.2) is 16.1 Å². The number of aromatic nitrogens is 2. The number of unbranched alkanes of at least 4 members (excludes halogenated alkanes) is 1. The van der Waals surface area contributed by atoms with Crippen LogP contribution in [-0.2, 0) is 13.1 Å². The van der Waals surface area contributed by atoms with Gasteiger partial charge >= 0.3 is 0 Å². The van der Waals surface area contributed by atoms with Crippen LogP contribution >= 0.6 is 15.9 Å². The summed E-state index contributed by atoms with van der Waals surface area (Å²) in [5.41, 5.74) is 0.698. The first kappa shape index (κ1) is 14.2. The topological polar surface area (TPSA) is 29.9 Å². The van der Waals surface area contributed by atoms with E-state index in [1.807, 2.05) is 18.6 Å². The molecule has 2 aromatic rings. The number of hydrogen-bond donors (Lipinski definition) is 1. The molecule has 0 aliphatic carbocycles. The van der Waals surface area contributed by atoms with Gasteiger partial charge in [0, 0.05) is 35.5 Å². The summed E-state index contributed by atoms with van der Waals surface area (Å²) >= 11 is 3.35. The molecule has 0 bridgehead atoms. The highest BCUT2D eigenvalue weighted by Gasteiger charge is 2.01. The van der Waals surface area contributed by atoms with Crippen molar-refractivity contribution < 1.29 is 4.39 Å². The van der Waals surface area contributed by atoms with Crippen molar-refractivity contribution >= 4 is 15.9 Å². The molecule has 3 nitrogen and oxygen atoms in total. The summed E-state index contributed by atoms with van der Waals surface area (Å²) in [6.45, 7) is 2.43. The zero-order valence-electron chi connectivity index (χ0n) is 10.6. The Balaban J connectivity index is 1.62. The maximum Gasteiger partial charge on any atom is 0.127 e. The smallest absolute Gasteiger partial charge is 0.127 e. The van der Waals surface area contributed by atoms with Crippen molar-refractivity contribution in [3.8, 4) is 0 Å². The summed E-state index contributed by atoms with van der Waals surface area (Å²) in [6, 6.07) is 5.01. The van der Waals surface area contributed by atoms with Crippen molar-refractivity contribution in [3.63, 3.8) is 0 Å². The van der Waals surface area contributed by atoms with Crippen molar-refractivity contribution in [1.82, 2.24) is 14.9 Å². The molecule has 1 aromatic heterocycles. The van der Waals surface area contributed by atoms with Gasteiger partial charge in [-0.2, -0.15) is 0 Å². The first-order valence-electron chi connectivity index (χ1n) is 6.36. The molecule has 0 spiro atoms. The fraction of sp³-hybridized carbons (Fsp3) is 0.357. The summed E-state index contributed by atoms with van der Waals surface area (Å²) in [4.78, 5) is 4.00. The summed E-state index contributed by atoms with van der Waals surface area (Å²) in [5.74, 6) is -0.158. The van der Waals surface area contributed by atoms with Crippen molar-refractivity contribution in [1.29, 1.82) is 0 Å². The van der Waals surface area contributed by atoms with Crippen LogP contribution < -0.4 is 5.32 Å². The second-order valence-electron chi connectivity index (χ2n) is 4.42. The van der Waals surface area contributed by atoms with Gasteiger partial charge in [-0.1, -0.05) is 15.9 Å². The molecule has 0 amide bonds. The lowest BCUT2D eigenvalue weighted by molar-refractivity contribution is 0.552. The van der Waals surface area contributed by atoms with Crippen LogP contribution in [0.25, 0.3) is 0 Å². The Labute approximate surface area is 121 Å². The van der Waals surface area contributed by atoms with E-state index in [-0.39, 0.29) is 5.82 Å². The molecule has 0 aliphatic heterocycles. The average molecular weight is 326 g/mol. The first-order valence-corrected chi connectivity index (χ1v) is 7.15. The Morgan fingerprint density at radius 2 is 2.21 bits per heavy atom. The summed E-state index contributed by atoms with van der Waals surface area (Å²) in [5, 5.41) is 3.26. The molecule has 5 heteroatoms. The largest absolute Gasteiger partial charge is 0.337 e. The normalized spacial score (nSPS) is 10.8. The van der Waals surface area contributed by atoms with E-state index >= 15 is 0 Å². The third-order valence-electron chi connectivity index (χ3n) is 2.90. The van der Waals surface area contributed by atoms with Crippen molar-refractivity contribution in [2.75, 3.05) is 6.54 Å². The molecule has 0 radical (unpaired) electrons. The number of nitrogens with zero attached hydrogens (tertiary/aromatic N) is 2. The minimum atomic E-state index is -0.158. The number of imidazole rings is 1. The van der Waals surface area contributed by atoms with E-state index in [0.717, 1.165) is 30.4 Å². The molecule has 0 unspecified atom stereocenters. The number of hydrogen-bond acceptors (Lipinski definition) is 2. The molecule has 0 aliphatic rings. The van der Waals surface area contributed by atoms with Crippen LogP contribution in [0.4, 0.5) is 4.39 Å². The molecule has 0 saturated heterocycles. The van der Waals surface area contributed by atoms with E-state index in [1.165, 1.54) is 6.07 Å². The summed E-state index contributed by atoms with van der Waals surface area (Å²) < 4.78 is 16.4. The number of nitrogens with one attached hydrogen (secondary N) is 1. The lowest BCUT2D eigenvalue weighted by Crippen LogP contribution is -2.16. The number of benzene rings is 1. The zero-order valence-corrected chi connectivity index (χ0v) is 12.2. The van der Waals surface area contributed by atoms with Crippen LogP contribution in [0.5, 0.6) is 0 Å². The lowest BCUT2D eigenvalue weighted by Gasteiger charge is -2.07. The lowest BCUT2D eigenvalue weighted by atomic mass is 10.2. The highest BCUT2D eigenvalue weighted by Crippen LogP contribution is 2.15. The van der Waals surface area contributed by atoms with Crippen LogP contribution in [0, 0.1) is 5.82 Å². The van der Waals surface area contributed by atoms with Crippen LogP contribution in [0.3, 0.4) is 0 Å². The molecular weight excluding hydrogens is 309 g/mol. The van der Waals surface area contributed by atoms with Gasteiger partial charge in [-0.3, -0.25) is 0 Å². The van der Waals surface area contributed by atoms with E-state index in [9.17, 15) is 4.39 Å². The molecule has 1 aromatic carbocycles. The first-order chi connectivity index (χ1) is 9.25. The van der Waals surface area contributed by atoms with Gasteiger partial charge in [0.1, 0.15) is 5.82 Å². The van der Waals surface area contributed by atoms with Crippen LogP contribution in [0.2, 0.25) is 0 Å². The van der Waals surface area contributed by atoms with Crippen molar-refractivity contribution in [3.05, 3.63) is 52.8 Å². The van der Waals surface area contributed by atoms with Gasteiger partial charge in [-0.05, 0) is 37.6 Å². The van der Waals surface area contributed by atoms with Gasteiger partial charge in [0.15, 0.2) is 0 Å². The third-order valence-corrected chi connectivity index (χ3v) is 3.40. The number of rotatable bonds is 7. The van der Waals surface area contributed by atoms with Crippen LogP contribution in [0.1, 0.15) is 18.4 Å². The van der Waals surface area contributed by atoms with E-state index in [2.05, 4.69) is 30.8 Å². The Morgan fingerprint density at radius 1 is 1.32 bits per heavy atom. The third kappa shape index (κ3) is 4.76. The van der Waals surface area contributed by atoms with Crippen LogP contribution in [0.15, 0.2) is 41.4 Å². The minimum absolute atomic E-state index is 0.158. The Bertz CT molecular complexity index is 499.